The lowest BCUT2D eigenvalue weighted by atomic mass is 10.3. The Hall–Kier alpha value is -1.84. The van der Waals surface area contributed by atoms with Gasteiger partial charge in [0.05, 0.1) is 17.9 Å². The summed E-state index contributed by atoms with van der Waals surface area (Å²) in [6, 6.07) is 5.62. The minimum Gasteiger partial charge on any atom is -0.310 e. The number of aryl methyl sites for hydroxylation is 3. The van der Waals surface area contributed by atoms with Gasteiger partial charge in [-0.05, 0) is 38.5 Å². The van der Waals surface area contributed by atoms with Crippen molar-refractivity contribution in [3.63, 3.8) is 0 Å². The average molecular weight is 231 g/mol. The SMILES string of the molecule is CCn1nc(C)cc1Cn1ccc(C)cc1=O. The van der Waals surface area contributed by atoms with Gasteiger partial charge in [0.2, 0.25) is 0 Å². The number of nitrogens with zero attached hydrogens (tertiary/aromatic N) is 3. The van der Waals surface area contributed by atoms with Crippen molar-refractivity contribution in [1.82, 2.24) is 14.3 Å². The molecule has 0 saturated heterocycles. The summed E-state index contributed by atoms with van der Waals surface area (Å²) in [5, 5.41) is 4.37. The maximum absolute atomic E-state index is 11.8. The first-order chi connectivity index (χ1) is 8.10. The lowest BCUT2D eigenvalue weighted by molar-refractivity contribution is 0.591. The molecule has 2 heterocycles. The smallest absolute Gasteiger partial charge is 0.251 e. The first kappa shape index (κ1) is 11.6. The van der Waals surface area contributed by atoms with E-state index in [4.69, 9.17) is 0 Å². The van der Waals surface area contributed by atoms with Gasteiger partial charge < -0.3 is 4.57 Å². The van der Waals surface area contributed by atoms with Gasteiger partial charge in [-0.1, -0.05) is 0 Å². The summed E-state index contributed by atoms with van der Waals surface area (Å²) < 4.78 is 3.64. The highest BCUT2D eigenvalue weighted by atomic mass is 16.1. The molecule has 2 rings (SSSR count). The molecule has 0 aliphatic carbocycles. The fraction of sp³-hybridized carbons (Fsp3) is 0.385. The number of hydrogen-bond acceptors (Lipinski definition) is 2. The van der Waals surface area contributed by atoms with Gasteiger partial charge in [-0.25, -0.2) is 0 Å². The molecule has 0 aliphatic rings. The van der Waals surface area contributed by atoms with Crippen LogP contribution in [-0.4, -0.2) is 14.3 Å². The van der Waals surface area contributed by atoms with Gasteiger partial charge >= 0.3 is 0 Å². The maximum Gasteiger partial charge on any atom is 0.251 e. The molecule has 0 aromatic carbocycles. The van der Waals surface area contributed by atoms with Gasteiger partial charge in [0.15, 0.2) is 0 Å². The van der Waals surface area contributed by atoms with E-state index >= 15 is 0 Å². The highest BCUT2D eigenvalue weighted by Crippen LogP contribution is 2.05. The molecule has 0 fully saturated rings. The molecular weight excluding hydrogens is 214 g/mol. The van der Waals surface area contributed by atoms with E-state index in [2.05, 4.69) is 5.10 Å². The Balaban J connectivity index is 2.34. The van der Waals surface area contributed by atoms with E-state index < -0.39 is 0 Å². The van der Waals surface area contributed by atoms with Crippen LogP contribution in [-0.2, 0) is 13.1 Å². The minimum atomic E-state index is 0.0338. The second-order valence-corrected chi connectivity index (χ2v) is 4.26. The van der Waals surface area contributed by atoms with E-state index in [-0.39, 0.29) is 5.56 Å². The molecule has 2 aromatic rings. The van der Waals surface area contributed by atoms with Gasteiger partial charge in [-0.2, -0.15) is 5.10 Å². The van der Waals surface area contributed by atoms with E-state index in [0.717, 1.165) is 23.5 Å². The Labute approximate surface area is 101 Å². The summed E-state index contributed by atoms with van der Waals surface area (Å²) in [4.78, 5) is 11.8. The highest BCUT2D eigenvalue weighted by Gasteiger charge is 2.05. The van der Waals surface area contributed by atoms with Crippen molar-refractivity contribution < 1.29 is 0 Å². The molecule has 0 radical (unpaired) electrons. The second kappa shape index (κ2) is 4.57. The van der Waals surface area contributed by atoms with Crippen molar-refractivity contribution in [1.29, 1.82) is 0 Å². The predicted octanol–water partition coefficient (Wildman–Crippen LogP) is 1.73. The third-order valence-electron chi connectivity index (χ3n) is 2.77. The summed E-state index contributed by atoms with van der Waals surface area (Å²) >= 11 is 0. The molecule has 0 spiro atoms. The Morgan fingerprint density at radius 3 is 2.71 bits per heavy atom. The standard InChI is InChI=1S/C13H17N3O/c1-4-16-12(8-11(3)14-16)9-15-6-5-10(2)7-13(15)17/h5-8H,4,9H2,1-3H3. The van der Waals surface area contributed by atoms with Gasteiger partial charge in [0.1, 0.15) is 0 Å². The molecular formula is C13H17N3O. The van der Waals surface area contributed by atoms with Crippen LogP contribution in [0.1, 0.15) is 23.9 Å². The van der Waals surface area contributed by atoms with Crippen LogP contribution in [0, 0.1) is 13.8 Å². The van der Waals surface area contributed by atoms with Crippen molar-refractivity contribution >= 4 is 0 Å². The van der Waals surface area contributed by atoms with Crippen LogP contribution >= 0.6 is 0 Å². The topological polar surface area (TPSA) is 39.8 Å². The highest BCUT2D eigenvalue weighted by molar-refractivity contribution is 5.12. The molecule has 0 amide bonds. The zero-order chi connectivity index (χ0) is 12.4. The summed E-state index contributed by atoms with van der Waals surface area (Å²) in [5.41, 5.74) is 3.08. The lowest BCUT2D eigenvalue weighted by Crippen LogP contribution is -2.20. The molecule has 17 heavy (non-hydrogen) atoms. The van der Waals surface area contributed by atoms with Crippen LogP contribution in [0.25, 0.3) is 0 Å². The Bertz CT molecular complexity index is 581. The monoisotopic (exact) mass is 231 g/mol. The Kier molecular flexibility index (Phi) is 3.13. The largest absolute Gasteiger partial charge is 0.310 e. The predicted molar refractivity (Wildman–Crippen MR) is 67.2 cm³/mol. The average Bonchev–Trinajstić information content (AvgIpc) is 2.63. The Morgan fingerprint density at radius 2 is 2.06 bits per heavy atom. The number of pyridine rings is 1. The maximum atomic E-state index is 11.8. The first-order valence-corrected chi connectivity index (χ1v) is 5.80. The molecule has 0 aliphatic heterocycles. The molecule has 2 aromatic heterocycles. The van der Waals surface area contributed by atoms with Gasteiger partial charge in [0, 0.05) is 18.8 Å². The normalized spacial score (nSPS) is 10.8. The zero-order valence-corrected chi connectivity index (χ0v) is 10.5. The lowest BCUT2D eigenvalue weighted by Gasteiger charge is -2.07. The van der Waals surface area contributed by atoms with Crippen molar-refractivity contribution in [2.75, 3.05) is 0 Å². The number of aromatic nitrogens is 3. The second-order valence-electron chi connectivity index (χ2n) is 4.26. The van der Waals surface area contributed by atoms with Gasteiger partial charge in [-0.3, -0.25) is 9.48 Å². The van der Waals surface area contributed by atoms with Crippen molar-refractivity contribution in [2.24, 2.45) is 0 Å². The van der Waals surface area contributed by atoms with Crippen molar-refractivity contribution in [3.05, 3.63) is 51.7 Å². The van der Waals surface area contributed by atoms with Crippen LogP contribution in [0.15, 0.2) is 29.2 Å². The van der Waals surface area contributed by atoms with E-state index in [1.807, 2.05) is 43.8 Å². The molecule has 4 heteroatoms. The van der Waals surface area contributed by atoms with Crippen LogP contribution < -0.4 is 5.56 Å². The molecule has 0 atom stereocenters. The van der Waals surface area contributed by atoms with E-state index in [9.17, 15) is 4.79 Å². The summed E-state index contributed by atoms with van der Waals surface area (Å²) in [6.45, 7) is 7.34. The Morgan fingerprint density at radius 1 is 1.29 bits per heavy atom. The van der Waals surface area contributed by atoms with Crippen LogP contribution in [0.4, 0.5) is 0 Å². The van der Waals surface area contributed by atoms with E-state index in [1.165, 1.54) is 0 Å². The molecule has 0 saturated carbocycles. The van der Waals surface area contributed by atoms with Crippen LogP contribution in [0.3, 0.4) is 0 Å². The minimum absolute atomic E-state index is 0.0338. The fourth-order valence-electron chi connectivity index (χ4n) is 1.91. The third-order valence-corrected chi connectivity index (χ3v) is 2.77. The first-order valence-electron chi connectivity index (χ1n) is 5.80. The molecule has 90 valence electrons. The van der Waals surface area contributed by atoms with Crippen LogP contribution in [0.2, 0.25) is 0 Å². The molecule has 4 nitrogen and oxygen atoms in total. The summed E-state index contributed by atoms with van der Waals surface area (Å²) in [5.74, 6) is 0. The van der Waals surface area contributed by atoms with Crippen LogP contribution in [0.5, 0.6) is 0 Å². The third kappa shape index (κ3) is 2.46. The van der Waals surface area contributed by atoms with Gasteiger partial charge in [0.25, 0.3) is 5.56 Å². The van der Waals surface area contributed by atoms with E-state index in [0.29, 0.717) is 6.54 Å². The quantitative estimate of drug-likeness (QED) is 0.807. The van der Waals surface area contributed by atoms with E-state index in [1.54, 1.807) is 10.6 Å². The van der Waals surface area contributed by atoms with Crippen molar-refractivity contribution in [3.8, 4) is 0 Å². The van der Waals surface area contributed by atoms with Crippen molar-refractivity contribution in [2.45, 2.75) is 33.9 Å². The molecule has 0 unspecified atom stereocenters. The fourth-order valence-corrected chi connectivity index (χ4v) is 1.91. The summed E-state index contributed by atoms with van der Waals surface area (Å²) in [7, 11) is 0. The number of hydrogen-bond donors (Lipinski definition) is 0. The molecule has 0 bridgehead atoms. The number of rotatable bonds is 3. The zero-order valence-electron chi connectivity index (χ0n) is 10.5. The molecule has 0 N–H and O–H groups in total. The van der Waals surface area contributed by atoms with Gasteiger partial charge in [-0.15, -0.1) is 0 Å². The summed E-state index contributed by atoms with van der Waals surface area (Å²) in [6.07, 6.45) is 1.83.